The van der Waals surface area contributed by atoms with E-state index in [2.05, 4.69) is 5.32 Å². The molecule has 0 spiro atoms. The van der Waals surface area contributed by atoms with Gasteiger partial charge in [-0.05, 0) is 26.0 Å². The van der Waals surface area contributed by atoms with Crippen molar-refractivity contribution >= 4 is 11.6 Å². The minimum Gasteiger partial charge on any atom is -0.487 e. The van der Waals surface area contributed by atoms with Crippen LogP contribution in [0.3, 0.4) is 0 Å². The van der Waals surface area contributed by atoms with Gasteiger partial charge < -0.3 is 15.0 Å². The first kappa shape index (κ1) is 15.2. The van der Waals surface area contributed by atoms with Gasteiger partial charge in [0, 0.05) is 25.7 Å². The number of carbonyl (C=O) groups excluding carboxylic acids is 1. The van der Waals surface area contributed by atoms with E-state index in [1.807, 2.05) is 0 Å². The number of nitrogens with zero attached hydrogens (tertiary/aromatic N) is 2. The van der Waals surface area contributed by atoms with E-state index in [4.69, 9.17) is 4.74 Å². The first-order valence-corrected chi connectivity index (χ1v) is 6.94. The summed E-state index contributed by atoms with van der Waals surface area (Å²) in [5.41, 5.74) is 0.0566. The van der Waals surface area contributed by atoms with Gasteiger partial charge >= 0.3 is 5.69 Å². The molecule has 1 aromatic carbocycles. The highest BCUT2D eigenvalue weighted by Gasteiger charge is 2.29. The van der Waals surface area contributed by atoms with E-state index >= 15 is 0 Å². The number of benzene rings is 1. The summed E-state index contributed by atoms with van der Waals surface area (Å²) >= 11 is 0. The average molecular weight is 293 g/mol. The monoisotopic (exact) mass is 293 g/mol. The van der Waals surface area contributed by atoms with Crippen molar-refractivity contribution in [1.82, 2.24) is 10.2 Å². The van der Waals surface area contributed by atoms with Gasteiger partial charge in [-0.3, -0.25) is 14.9 Å². The van der Waals surface area contributed by atoms with E-state index in [-0.39, 0.29) is 35.6 Å². The summed E-state index contributed by atoms with van der Waals surface area (Å²) in [6.45, 7) is 3.60. The second-order valence-corrected chi connectivity index (χ2v) is 4.91. The van der Waals surface area contributed by atoms with Gasteiger partial charge in [-0.25, -0.2) is 0 Å². The predicted molar refractivity (Wildman–Crippen MR) is 77.6 cm³/mol. The van der Waals surface area contributed by atoms with Crippen LogP contribution in [0.4, 0.5) is 5.69 Å². The zero-order valence-corrected chi connectivity index (χ0v) is 12.2. The average Bonchev–Trinajstić information content (AvgIpc) is 3.00. The van der Waals surface area contributed by atoms with E-state index in [1.165, 1.54) is 12.1 Å². The second kappa shape index (κ2) is 6.53. The molecule has 1 unspecified atom stereocenters. The molecular weight excluding hydrogens is 274 g/mol. The van der Waals surface area contributed by atoms with Crippen molar-refractivity contribution in [3.05, 3.63) is 33.9 Å². The lowest BCUT2D eigenvalue weighted by atomic mass is 10.1. The molecule has 1 aliphatic rings. The van der Waals surface area contributed by atoms with Crippen LogP contribution in [-0.2, 0) is 0 Å². The Morgan fingerprint density at radius 3 is 2.90 bits per heavy atom. The summed E-state index contributed by atoms with van der Waals surface area (Å²) in [7, 11) is 1.72. The Labute approximate surface area is 123 Å². The lowest BCUT2D eigenvalue weighted by molar-refractivity contribution is -0.385. The molecule has 0 aromatic heterocycles. The third kappa shape index (κ3) is 3.13. The summed E-state index contributed by atoms with van der Waals surface area (Å²) in [5.74, 6) is -0.205. The molecule has 1 atom stereocenters. The molecule has 0 saturated carbocycles. The van der Waals surface area contributed by atoms with E-state index in [0.29, 0.717) is 0 Å². The third-order valence-corrected chi connectivity index (χ3v) is 3.61. The van der Waals surface area contributed by atoms with Crippen molar-refractivity contribution in [2.24, 2.45) is 0 Å². The van der Waals surface area contributed by atoms with E-state index in [9.17, 15) is 14.9 Å². The SMILES string of the molecule is CCOc1c(C(=O)N(C)C2CCNC2)cccc1[N+](=O)[O-]. The van der Waals surface area contributed by atoms with Crippen LogP contribution in [0.2, 0.25) is 0 Å². The van der Waals surface area contributed by atoms with Crippen molar-refractivity contribution < 1.29 is 14.5 Å². The molecule has 1 fully saturated rings. The zero-order chi connectivity index (χ0) is 15.4. The molecule has 21 heavy (non-hydrogen) atoms. The van der Waals surface area contributed by atoms with Crippen molar-refractivity contribution in [2.45, 2.75) is 19.4 Å². The maximum absolute atomic E-state index is 12.6. The highest BCUT2D eigenvalue weighted by Crippen LogP contribution is 2.32. The number of hydrogen-bond acceptors (Lipinski definition) is 5. The van der Waals surface area contributed by atoms with Gasteiger partial charge in [0.15, 0.2) is 0 Å². The number of rotatable bonds is 5. The highest BCUT2D eigenvalue weighted by atomic mass is 16.6. The van der Waals surface area contributed by atoms with Crippen LogP contribution < -0.4 is 10.1 Å². The molecule has 0 bridgehead atoms. The molecule has 1 heterocycles. The number of nitrogens with one attached hydrogen (secondary N) is 1. The highest BCUT2D eigenvalue weighted by molar-refractivity contribution is 5.98. The Hall–Kier alpha value is -2.15. The first-order valence-electron chi connectivity index (χ1n) is 6.94. The molecule has 1 N–H and O–H groups in total. The van der Waals surface area contributed by atoms with Gasteiger partial charge in [-0.2, -0.15) is 0 Å². The van der Waals surface area contributed by atoms with Gasteiger partial charge in [-0.15, -0.1) is 0 Å². The Morgan fingerprint density at radius 1 is 1.57 bits per heavy atom. The quantitative estimate of drug-likeness (QED) is 0.655. The van der Waals surface area contributed by atoms with Crippen LogP contribution >= 0.6 is 0 Å². The lowest BCUT2D eigenvalue weighted by Gasteiger charge is -2.24. The van der Waals surface area contributed by atoms with Crippen LogP contribution in [0, 0.1) is 10.1 Å². The standard InChI is InChI=1S/C14H19N3O4/c1-3-21-13-11(5-4-6-12(13)17(19)20)14(18)16(2)10-7-8-15-9-10/h4-6,10,15H,3,7-9H2,1-2H3. The fraction of sp³-hybridized carbons (Fsp3) is 0.500. The summed E-state index contributed by atoms with van der Waals surface area (Å²) in [4.78, 5) is 24.8. The van der Waals surface area contributed by atoms with Crippen LogP contribution in [0.5, 0.6) is 5.75 Å². The fourth-order valence-electron chi connectivity index (χ4n) is 2.46. The van der Waals surface area contributed by atoms with Crippen LogP contribution in [0.1, 0.15) is 23.7 Å². The van der Waals surface area contributed by atoms with E-state index in [0.717, 1.165) is 19.5 Å². The first-order chi connectivity index (χ1) is 10.1. The number of carbonyl (C=O) groups is 1. The molecule has 0 radical (unpaired) electrons. The minimum atomic E-state index is -0.529. The molecule has 1 aromatic rings. The zero-order valence-electron chi connectivity index (χ0n) is 12.2. The number of para-hydroxylation sites is 1. The van der Waals surface area contributed by atoms with Crippen molar-refractivity contribution in [2.75, 3.05) is 26.7 Å². The minimum absolute atomic E-state index is 0.0489. The molecule has 1 saturated heterocycles. The molecule has 7 nitrogen and oxygen atoms in total. The molecular formula is C14H19N3O4. The fourth-order valence-corrected chi connectivity index (χ4v) is 2.46. The normalized spacial score (nSPS) is 17.5. The third-order valence-electron chi connectivity index (χ3n) is 3.61. The topological polar surface area (TPSA) is 84.7 Å². The largest absolute Gasteiger partial charge is 0.487 e. The number of nitro groups is 1. The van der Waals surface area contributed by atoms with Crippen LogP contribution in [-0.4, -0.2) is 48.5 Å². The number of likely N-dealkylation sites (N-methyl/N-ethyl adjacent to an activating group) is 1. The smallest absolute Gasteiger partial charge is 0.311 e. The Morgan fingerprint density at radius 2 is 2.33 bits per heavy atom. The van der Waals surface area contributed by atoms with Gasteiger partial charge in [-0.1, -0.05) is 6.07 Å². The number of hydrogen-bond donors (Lipinski definition) is 1. The Balaban J connectivity index is 2.35. The van der Waals surface area contributed by atoms with Crippen molar-refractivity contribution in [1.29, 1.82) is 0 Å². The summed E-state index contributed by atoms with van der Waals surface area (Å²) in [6.07, 6.45) is 0.876. The van der Waals surface area contributed by atoms with E-state index < -0.39 is 4.92 Å². The Bertz CT molecular complexity index is 541. The summed E-state index contributed by atoms with van der Waals surface area (Å²) < 4.78 is 5.36. The van der Waals surface area contributed by atoms with Gasteiger partial charge in [0.2, 0.25) is 5.75 Å². The predicted octanol–water partition coefficient (Wildman–Crippen LogP) is 1.43. The maximum Gasteiger partial charge on any atom is 0.311 e. The van der Waals surface area contributed by atoms with Crippen molar-refractivity contribution in [3.63, 3.8) is 0 Å². The summed E-state index contributed by atoms with van der Waals surface area (Å²) in [5, 5.41) is 14.3. The summed E-state index contributed by atoms with van der Waals surface area (Å²) in [6, 6.07) is 4.53. The van der Waals surface area contributed by atoms with Crippen LogP contribution in [0.15, 0.2) is 18.2 Å². The molecule has 1 amide bonds. The molecule has 0 aliphatic carbocycles. The molecule has 114 valence electrons. The van der Waals surface area contributed by atoms with E-state index in [1.54, 1.807) is 24.9 Å². The van der Waals surface area contributed by atoms with Crippen LogP contribution in [0.25, 0.3) is 0 Å². The molecule has 1 aliphatic heterocycles. The van der Waals surface area contributed by atoms with Gasteiger partial charge in [0.25, 0.3) is 5.91 Å². The molecule has 2 rings (SSSR count). The maximum atomic E-state index is 12.6. The number of amides is 1. The Kier molecular flexibility index (Phi) is 4.74. The number of ether oxygens (including phenoxy) is 1. The second-order valence-electron chi connectivity index (χ2n) is 4.91. The number of nitro benzene ring substituents is 1. The lowest BCUT2D eigenvalue weighted by Crippen LogP contribution is -2.38. The van der Waals surface area contributed by atoms with Gasteiger partial charge in [0.05, 0.1) is 17.1 Å². The van der Waals surface area contributed by atoms with Gasteiger partial charge in [0.1, 0.15) is 0 Å². The molecule has 7 heteroatoms. The van der Waals surface area contributed by atoms with Crippen molar-refractivity contribution in [3.8, 4) is 5.75 Å².